The fraction of sp³-hybridized carbons (Fsp3) is 0.167. The highest BCUT2D eigenvalue weighted by molar-refractivity contribution is 8.00. The van der Waals surface area contributed by atoms with Gasteiger partial charge in [0.1, 0.15) is 17.6 Å². The zero-order valence-electron chi connectivity index (χ0n) is 8.22. The average molecular weight is 220 g/mol. The Morgan fingerprint density at radius 3 is 2.80 bits per heavy atom. The highest BCUT2D eigenvalue weighted by atomic mass is 32.2. The number of phenols is 1. The van der Waals surface area contributed by atoms with E-state index in [-0.39, 0.29) is 17.1 Å². The van der Waals surface area contributed by atoms with Gasteiger partial charge in [-0.05, 0) is 18.2 Å². The molecule has 0 fully saturated rings. The maximum Gasteiger partial charge on any atom is 0.134 e. The third-order valence-electron chi connectivity index (χ3n) is 2.24. The lowest BCUT2D eigenvalue weighted by Crippen LogP contribution is -2.28. The molecule has 0 unspecified atom stereocenters. The molecule has 1 aliphatic heterocycles. The van der Waals surface area contributed by atoms with Gasteiger partial charge in [-0.2, -0.15) is 0 Å². The van der Waals surface area contributed by atoms with Crippen molar-refractivity contribution in [1.82, 2.24) is 0 Å². The standard InChI is InChI=1S/C12H12O2S/c1-3-9-11(4-2)15-12-7-8(13)5-6-10(12)14-9/h3-7,9,11,13H,1-2H2/t9-,11+/m0/s1. The lowest BCUT2D eigenvalue weighted by Gasteiger charge is -2.29. The molecule has 0 aromatic heterocycles. The molecule has 1 heterocycles. The van der Waals surface area contributed by atoms with Gasteiger partial charge in [0, 0.05) is 0 Å². The normalized spacial score (nSPS) is 23.7. The van der Waals surface area contributed by atoms with Crippen molar-refractivity contribution < 1.29 is 9.84 Å². The van der Waals surface area contributed by atoms with E-state index in [9.17, 15) is 5.11 Å². The first-order valence-corrected chi connectivity index (χ1v) is 5.54. The van der Waals surface area contributed by atoms with E-state index in [0.29, 0.717) is 0 Å². The first kappa shape index (κ1) is 10.2. The fourth-order valence-corrected chi connectivity index (χ4v) is 2.59. The molecule has 0 bridgehead atoms. The van der Waals surface area contributed by atoms with Crippen LogP contribution in [-0.2, 0) is 0 Å². The molecule has 0 aliphatic carbocycles. The van der Waals surface area contributed by atoms with Crippen molar-refractivity contribution in [2.75, 3.05) is 0 Å². The first-order chi connectivity index (χ1) is 7.24. The van der Waals surface area contributed by atoms with Gasteiger partial charge in [-0.1, -0.05) is 18.7 Å². The lowest BCUT2D eigenvalue weighted by atomic mass is 10.2. The Morgan fingerprint density at radius 2 is 2.13 bits per heavy atom. The van der Waals surface area contributed by atoms with E-state index in [2.05, 4.69) is 13.2 Å². The molecular formula is C12H12O2S. The highest BCUT2D eigenvalue weighted by Crippen LogP contribution is 2.41. The molecule has 15 heavy (non-hydrogen) atoms. The lowest BCUT2D eigenvalue weighted by molar-refractivity contribution is 0.245. The molecule has 78 valence electrons. The Labute approximate surface area is 93.3 Å². The van der Waals surface area contributed by atoms with Crippen LogP contribution in [0.3, 0.4) is 0 Å². The van der Waals surface area contributed by atoms with Crippen LogP contribution in [-0.4, -0.2) is 16.5 Å². The second kappa shape index (κ2) is 4.03. The number of hydrogen-bond acceptors (Lipinski definition) is 3. The minimum absolute atomic E-state index is 0.0513. The van der Waals surface area contributed by atoms with Gasteiger partial charge in [0.05, 0.1) is 10.1 Å². The second-order valence-corrected chi connectivity index (χ2v) is 4.49. The minimum Gasteiger partial charge on any atom is -0.508 e. The fourth-order valence-electron chi connectivity index (χ4n) is 1.48. The highest BCUT2D eigenvalue weighted by Gasteiger charge is 2.26. The summed E-state index contributed by atoms with van der Waals surface area (Å²) in [6, 6.07) is 5.09. The summed E-state index contributed by atoms with van der Waals surface area (Å²) in [5, 5.41) is 9.51. The summed E-state index contributed by atoms with van der Waals surface area (Å²) in [6.45, 7) is 7.50. The predicted octanol–water partition coefficient (Wildman–Crippen LogP) is 2.99. The quantitative estimate of drug-likeness (QED) is 0.777. The molecule has 3 heteroatoms. The summed E-state index contributed by atoms with van der Waals surface area (Å²) < 4.78 is 5.72. The van der Waals surface area contributed by atoms with E-state index < -0.39 is 0 Å². The van der Waals surface area contributed by atoms with E-state index >= 15 is 0 Å². The molecule has 0 amide bonds. The van der Waals surface area contributed by atoms with Crippen molar-refractivity contribution >= 4 is 11.8 Å². The van der Waals surface area contributed by atoms with Gasteiger partial charge in [-0.15, -0.1) is 18.3 Å². The number of thioether (sulfide) groups is 1. The van der Waals surface area contributed by atoms with Gasteiger partial charge in [0.25, 0.3) is 0 Å². The van der Waals surface area contributed by atoms with Gasteiger partial charge in [0.2, 0.25) is 0 Å². The third kappa shape index (κ3) is 1.88. The summed E-state index contributed by atoms with van der Waals surface area (Å²) in [4.78, 5) is 0.943. The Hall–Kier alpha value is -1.35. The van der Waals surface area contributed by atoms with Crippen molar-refractivity contribution in [2.24, 2.45) is 0 Å². The Balaban J connectivity index is 2.36. The van der Waals surface area contributed by atoms with Crippen LogP contribution in [0.5, 0.6) is 11.5 Å². The van der Waals surface area contributed by atoms with E-state index in [4.69, 9.17) is 4.74 Å². The molecule has 0 spiro atoms. The number of phenolic OH excluding ortho intramolecular Hbond substituents is 1. The molecule has 0 saturated heterocycles. The molecule has 1 aromatic rings. The number of fused-ring (bicyclic) bond motifs is 1. The topological polar surface area (TPSA) is 29.5 Å². The van der Waals surface area contributed by atoms with Crippen LogP contribution >= 0.6 is 11.8 Å². The van der Waals surface area contributed by atoms with Gasteiger partial charge in [0.15, 0.2) is 0 Å². The maximum absolute atomic E-state index is 9.36. The van der Waals surface area contributed by atoms with E-state index in [1.165, 1.54) is 0 Å². The van der Waals surface area contributed by atoms with Gasteiger partial charge < -0.3 is 9.84 Å². The van der Waals surface area contributed by atoms with Gasteiger partial charge in [-0.25, -0.2) is 0 Å². The molecule has 2 nitrogen and oxygen atoms in total. The van der Waals surface area contributed by atoms with Crippen molar-refractivity contribution in [3.8, 4) is 11.5 Å². The first-order valence-electron chi connectivity index (χ1n) is 4.66. The van der Waals surface area contributed by atoms with Crippen LogP contribution in [0.4, 0.5) is 0 Å². The molecule has 0 saturated carbocycles. The van der Waals surface area contributed by atoms with Crippen LogP contribution in [0.2, 0.25) is 0 Å². The molecule has 0 radical (unpaired) electrons. The van der Waals surface area contributed by atoms with E-state index in [1.807, 2.05) is 6.08 Å². The van der Waals surface area contributed by atoms with Crippen LogP contribution in [0.15, 0.2) is 48.4 Å². The number of aromatic hydroxyl groups is 1. The summed E-state index contributed by atoms with van der Waals surface area (Å²) in [6.07, 6.45) is 3.56. The molecule has 1 aliphatic rings. The SMILES string of the molecule is C=C[C@@H]1Oc2ccc(O)cc2S[C@@H]1C=C. The Kier molecular flexibility index (Phi) is 2.73. The number of rotatable bonds is 2. The minimum atomic E-state index is -0.0513. The summed E-state index contributed by atoms with van der Waals surface area (Å²) in [5.74, 6) is 1.05. The van der Waals surface area contributed by atoms with Crippen LogP contribution in [0.25, 0.3) is 0 Å². The molecule has 1 aromatic carbocycles. The molecule has 1 N–H and O–H groups in total. The Bertz CT molecular complexity index is 401. The van der Waals surface area contributed by atoms with Gasteiger partial charge in [-0.3, -0.25) is 0 Å². The van der Waals surface area contributed by atoms with Crippen LogP contribution in [0.1, 0.15) is 0 Å². The number of ether oxygens (including phenoxy) is 1. The van der Waals surface area contributed by atoms with Crippen molar-refractivity contribution in [1.29, 1.82) is 0 Å². The molecule has 2 rings (SSSR count). The predicted molar refractivity (Wildman–Crippen MR) is 62.6 cm³/mol. The average Bonchev–Trinajstić information content (AvgIpc) is 2.27. The third-order valence-corrected chi connectivity index (χ3v) is 3.55. The summed E-state index contributed by atoms with van der Waals surface area (Å²) >= 11 is 1.63. The van der Waals surface area contributed by atoms with E-state index in [1.54, 1.807) is 36.0 Å². The molecule has 2 atom stereocenters. The monoisotopic (exact) mass is 220 g/mol. The van der Waals surface area contributed by atoms with Crippen LogP contribution < -0.4 is 4.74 Å². The zero-order valence-corrected chi connectivity index (χ0v) is 9.04. The molecular weight excluding hydrogens is 208 g/mol. The number of hydrogen-bond donors (Lipinski definition) is 1. The summed E-state index contributed by atoms with van der Waals surface area (Å²) in [5.41, 5.74) is 0. The van der Waals surface area contributed by atoms with E-state index in [0.717, 1.165) is 10.6 Å². The Morgan fingerprint density at radius 1 is 1.33 bits per heavy atom. The largest absolute Gasteiger partial charge is 0.508 e. The summed E-state index contributed by atoms with van der Waals surface area (Å²) in [7, 11) is 0. The number of benzene rings is 1. The second-order valence-electron chi connectivity index (χ2n) is 3.27. The zero-order chi connectivity index (χ0) is 10.8. The van der Waals surface area contributed by atoms with Crippen molar-refractivity contribution in [3.63, 3.8) is 0 Å². The van der Waals surface area contributed by atoms with Crippen molar-refractivity contribution in [2.45, 2.75) is 16.2 Å². The van der Waals surface area contributed by atoms with Gasteiger partial charge >= 0.3 is 0 Å². The van der Waals surface area contributed by atoms with Crippen molar-refractivity contribution in [3.05, 3.63) is 43.5 Å². The van der Waals surface area contributed by atoms with Crippen LogP contribution in [0, 0.1) is 0 Å². The maximum atomic E-state index is 9.36. The smallest absolute Gasteiger partial charge is 0.134 e.